The fourth-order valence-corrected chi connectivity index (χ4v) is 4.09. The second-order valence-corrected chi connectivity index (χ2v) is 8.90. The molecule has 0 bridgehead atoms. The highest BCUT2D eigenvalue weighted by Crippen LogP contribution is 2.18. The molecular formula is C24H23N3O8S. The van der Waals surface area contributed by atoms with Crippen LogP contribution in [-0.2, 0) is 21.2 Å². The number of nitrogens with one attached hydrogen (secondary N) is 2. The number of hydrogen-bond donors (Lipinski definition) is 2. The summed E-state index contributed by atoms with van der Waals surface area (Å²) in [4.78, 5) is 39.6. The number of para-hydroxylation sites is 1. The van der Waals surface area contributed by atoms with Gasteiger partial charge in [-0.15, -0.1) is 0 Å². The molecule has 1 heterocycles. The van der Waals surface area contributed by atoms with Gasteiger partial charge in [-0.1, -0.05) is 24.3 Å². The predicted molar refractivity (Wildman–Crippen MR) is 127 cm³/mol. The van der Waals surface area contributed by atoms with Gasteiger partial charge in [0, 0.05) is 24.4 Å². The first-order chi connectivity index (χ1) is 17.2. The van der Waals surface area contributed by atoms with E-state index in [1.165, 1.54) is 36.4 Å². The molecule has 3 rings (SSSR count). The molecule has 12 heteroatoms. The maximum absolute atomic E-state index is 12.7. The van der Waals surface area contributed by atoms with Crippen LogP contribution in [0, 0.1) is 0 Å². The molecule has 11 nitrogen and oxygen atoms in total. The predicted octanol–water partition coefficient (Wildman–Crippen LogP) is 2.33. The number of amides is 2. The van der Waals surface area contributed by atoms with E-state index in [-0.39, 0.29) is 21.9 Å². The van der Waals surface area contributed by atoms with Crippen molar-refractivity contribution in [2.24, 2.45) is 0 Å². The number of pyridine rings is 1. The normalized spacial score (nSPS) is 10.7. The minimum Gasteiger partial charge on any atom is -0.496 e. The van der Waals surface area contributed by atoms with Crippen LogP contribution in [0.4, 0.5) is 4.79 Å². The molecule has 0 unspecified atom stereocenters. The molecule has 1 aromatic heterocycles. The molecule has 0 atom stereocenters. The lowest BCUT2D eigenvalue weighted by atomic mass is 10.1. The Kier molecular flexibility index (Phi) is 8.57. The van der Waals surface area contributed by atoms with Crippen molar-refractivity contribution in [1.82, 2.24) is 15.0 Å². The number of methoxy groups -OCH3 is 2. The summed E-state index contributed by atoms with van der Waals surface area (Å²) in [5, 5.41) is 2.74. The average Bonchev–Trinajstić information content (AvgIpc) is 2.89. The lowest BCUT2D eigenvalue weighted by molar-refractivity contribution is 0.0951. The Hall–Kier alpha value is -4.45. The smallest absolute Gasteiger partial charge is 0.496 e. The van der Waals surface area contributed by atoms with E-state index in [4.69, 9.17) is 9.47 Å². The number of ether oxygens (including phenoxy) is 3. The molecule has 0 saturated heterocycles. The Morgan fingerprint density at radius 3 is 2.39 bits per heavy atom. The average molecular weight is 514 g/mol. The van der Waals surface area contributed by atoms with Gasteiger partial charge in [0.15, 0.2) is 0 Å². The van der Waals surface area contributed by atoms with Crippen LogP contribution >= 0.6 is 0 Å². The molecular weight excluding hydrogens is 490 g/mol. The molecule has 0 fully saturated rings. The summed E-state index contributed by atoms with van der Waals surface area (Å²) >= 11 is 0. The van der Waals surface area contributed by atoms with Gasteiger partial charge in [0.05, 0.1) is 24.7 Å². The van der Waals surface area contributed by atoms with Gasteiger partial charge >= 0.3 is 6.16 Å². The first kappa shape index (κ1) is 26.2. The van der Waals surface area contributed by atoms with Gasteiger partial charge in [-0.3, -0.25) is 9.59 Å². The summed E-state index contributed by atoms with van der Waals surface area (Å²) in [7, 11) is -1.61. The monoisotopic (exact) mass is 513 g/mol. The van der Waals surface area contributed by atoms with Crippen LogP contribution in [0.15, 0.2) is 71.8 Å². The van der Waals surface area contributed by atoms with Gasteiger partial charge < -0.3 is 19.5 Å². The van der Waals surface area contributed by atoms with E-state index >= 15 is 0 Å². The lowest BCUT2D eigenvalue weighted by Gasteiger charge is -2.10. The number of rotatable bonds is 9. The molecule has 2 N–H and O–H groups in total. The molecule has 2 aromatic carbocycles. The molecule has 0 aliphatic carbocycles. The van der Waals surface area contributed by atoms with Crippen molar-refractivity contribution in [3.8, 4) is 11.6 Å². The molecule has 0 saturated carbocycles. The number of aromatic nitrogens is 1. The van der Waals surface area contributed by atoms with Crippen LogP contribution in [0.3, 0.4) is 0 Å². The van der Waals surface area contributed by atoms with Crippen molar-refractivity contribution >= 4 is 28.0 Å². The summed E-state index contributed by atoms with van der Waals surface area (Å²) in [6.07, 6.45) is 0.557. The minimum absolute atomic E-state index is 0.0963. The molecule has 0 spiro atoms. The minimum atomic E-state index is -4.30. The van der Waals surface area contributed by atoms with Crippen LogP contribution in [0.5, 0.6) is 11.6 Å². The van der Waals surface area contributed by atoms with Gasteiger partial charge in [-0.25, -0.2) is 22.9 Å². The summed E-state index contributed by atoms with van der Waals surface area (Å²) in [6.45, 7) is 0.301. The van der Waals surface area contributed by atoms with Gasteiger partial charge in [0.25, 0.3) is 21.8 Å². The molecule has 3 aromatic rings. The van der Waals surface area contributed by atoms with Crippen LogP contribution in [0.1, 0.15) is 26.3 Å². The van der Waals surface area contributed by atoms with E-state index < -0.39 is 28.0 Å². The van der Waals surface area contributed by atoms with Crippen molar-refractivity contribution in [3.63, 3.8) is 0 Å². The van der Waals surface area contributed by atoms with Crippen molar-refractivity contribution < 1.29 is 37.0 Å². The van der Waals surface area contributed by atoms with Gasteiger partial charge in [-0.05, 0) is 42.3 Å². The third-order valence-corrected chi connectivity index (χ3v) is 6.19. The molecule has 2 amide bonds. The molecule has 0 radical (unpaired) electrons. The topological polar surface area (TPSA) is 150 Å². The van der Waals surface area contributed by atoms with Crippen LogP contribution in [0.25, 0.3) is 0 Å². The van der Waals surface area contributed by atoms with E-state index in [2.05, 4.69) is 15.0 Å². The zero-order valence-electron chi connectivity index (χ0n) is 19.4. The number of benzene rings is 2. The van der Waals surface area contributed by atoms with Crippen molar-refractivity contribution in [2.75, 3.05) is 20.8 Å². The Balaban J connectivity index is 1.63. The fourth-order valence-electron chi connectivity index (χ4n) is 3.07. The Bertz CT molecular complexity index is 1360. The highest BCUT2D eigenvalue weighted by Gasteiger charge is 2.21. The summed E-state index contributed by atoms with van der Waals surface area (Å²) in [6, 6.07) is 15.1. The zero-order chi connectivity index (χ0) is 26.1. The van der Waals surface area contributed by atoms with E-state index in [1.54, 1.807) is 7.11 Å². The Morgan fingerprint density at radius 1 is 0.917 bits per heavy atom. The molecule has 0 aliphatic rings. The highest BCUT2D eigenvalue weighted by atomic mass is 32.2. The lowest BCUT2D eigenvalue weighted by Crippen LogP contribution is -2.31. The first-order valence-electron chi connectivity index (χ1n) is 10.5. The third-order valence-electron chi connectivity index (χ3n) is 4.86. The summed E-state index contributed by atoms with van der Waals surface area (Å²) in [5.74, 6) is -0.862. The second kappa shape index (κ2) is 11.8. The third kappa shape index (κ3) is 6.79. The molecule has 36 heavy (non-hydrogen) atoms. The molecule has 188 valence electrons. The largest absolute Gasteiger partial charge is 0.514 e. The number of nitrogens with zero attached hydrogens (tertiary/aromatic N) is 1. The SMILES string of the molecule is COC(=O)Oc1ccc(C(=O)NS(=O)(=O)c2cccc(C(=O)NCCc3ccccc3OC)c2)cn1. The Morgan fingerprint density at radius 2 is 1.69 bits per heavy atom. The van der Waals surface area contributed by atoms with Gasteiger partial charge in [-0.2, -0.15) is 0 Å². The van der Waals surface area contributed by atoms with Crippen molar-refractivity contribution in [1.29, 1.82) is 0 Å². The van der Waals surface area contributed by atoms with E-state index in [0.717, 1.165) is 18.9 Å². The number of hydrogen-bond acceptors (Lipinski definition) is 9. The van der Waals surface area contributed by atoms with Crippen LogP contribution in [0.2, 0.25) is 0 Å². The fraction of sp³-hybridized carbons (Fsp3) is 0.167. The second-order valence-electron chi connectivity index (χ2n) is 7.22. The number of sulfonamides is 1. The number of carbonyl (C=O) groups excluding carboxylic acids is 3. The highest BCUT2D eigenvalue weighted by molar-refractivity contribution is 7.90. The van der Waals surface area contributed by atoms with Crippen LogP contribution < -0.4 is 19.5 Å². The van der Waals surface area contributed by atoms with E-state index in [0.29, 0.717) is 18.7 Å². The number of carbonyl (C=O) groups is 3. The molecule has 0 aliphatic heterocycles. The Labute approximate surface area is 207 Å². The maximum atomic E-state index is 12.7. The summed E-state index contributed by atoms with van der Waals surface area (Å²) in [5.41, 5.74) is 0.927. The van der Waals surface area contributed by atoms with E-state index in [1.807, 2.05) is 29.0 Å². The summed E-state index contributed by atoms with van der Waals surface area (Å²) < 4.78 is 41.7. The van der Waals surface area contributed by atoms with Crippen LogP contribution in [-0.4, -0.2) is 52.1 Å². The van der Waals surface area contributed by atoms with Crippen molar-refractivity contribution in [2.45, 2.75) is 11.3 Å². The maximum Gasteiger partial charge on any atom is 0.514 e. The quantitative estimate of drug-likeness (QED) is 0.411. The standard InChI is InChI=1S/C24H23N3O8S/c1-33-20-9-4-3-6-16(20)12-13-25-22(28)17-7-5-8-19(14-17)36(31,32)27-23(29)18-10-11-21(26-15-18)35-24(30)34-2/h3-11,14-15H,12-13H2,1-2H3,(H,25,28)(H,27,29). The van der Waals surface area contributed by atoms with E-state index in [9.17, 15) is 22.8 Å². The van der Waals surface area contributed by atoms with Gasteiger partial charge in [0.1, 0.15) is 5.75 Å². The first-order valence-corrected chi connectivity index (χ1v) is 12.0. The zero-order valence-corrected chi connectivity index (χ0v) is 20.2. The van der Waals surface area contributed by atoms with Gasteiger partial charge in [0.2, 0.25) is 5.88 Å². The van der Waals surface area contributed by atoms with Crippen molar-refractivity contribution in [3.05, 3.63) is 83.6 Å².